The van der Waals surface area contributed by atoms with Gasteiger partial charge in [0.05, 0.1) is 17.3 Å². The number of halogens is 1. The largest absolute Gasteiger partial charge is 0.342 e. The molecule has 2 amide bonds. The third-order valence-corrected chi connectivity index (χ3v) is 4.34. The van der Waals surface area contributed by atoms with E-state index in [0.717, 1.165) is 10.2 Å². The van der Waals surface area contributed by atoms with Gasteiger partial charge in [-0.1, -0.05) is 15.9 Å². The highest BCUT2D eigenvalue weighted by Crippen LogP contribution is 2.26. The van der Waals surface area contributed by atoms with E-state index in [1.165, 1.54) is 6.33 Å². The van der Waals surface area contributed by atoms with Crippen molar-refractivity contribution in [3.63, 3.8) is 0 Å². The summed E-state index contributed by atoms with van der Waals surface area (Å²) in [5.74, 6) is -0.461. The quantitative estimate of drug-likeness (QED) is 0.881. The van der Waals surface area contributed by atoms with Gasteiger partial charge in [0.25, 0.3) is 0 Å². The van der Waals surface area contributed by atoms with Crippen LogP contribution < -0.4 is 5.32 Å². The average Bonchev–Trinajstić information content (AvgIpc) is 3.16. The summed E-state index contributed by atoms with van der Waals surface area (Å²) < 4.78 is 2.43. The molecule has 2 aromatic rings. The predicted molar refractivity (Wildman–Crippen MR) is 88.0 cm³/mol. The van der Waals surface area contributed by atoms with E-state index >= 15 is 0 Å². The molecule has 120 valence electrons. The maximum absolute atomic E-state index is 12.5. The van der Waals surface area contributed by atoms with Crippen LogP contribution in [0.2, 0.25) is 0 Å². The minimum absolute atomic E-state index is 0.0263. The first-order chi connectivity index (χ1) is 11.1. The monoisotopic (exact) mass is 377 g/mol. The Balaban J connectivity index is 1.81. The highest BCUT2D eigenvalue weighted by molar-refractivity contribution is 9.10. The fourth-order valence-corrected chi connectivity index (χ4v) is 2.99. The lowest BCUT2D eigenvalue weighted by molar-refractivity contribution is -0.128. The van der Waals surface area contributed by atoms with Gasteiger partial charge in [0.2, 0.25) is 11.8 Å². The highest BCUT2D eigenvalue weighted by Gasteiger charge is 2.33. The molecule has 0 radical (unpaired) electrons. The van der Waals surface area contributed by atoms with E-state index in [1.807, 2.05) is 25.1 Å². The lowest BCUT2D eigenvalue weighted by Gasteiger charge is -2.15. The Morgan fingerprint density at radius 1 is 1.48 bits per heavy atom. The normalized spacial score (nSPS) is 17.6. The second-order valence-electron chi connectivity index (χ2n) is 5.32. The van der Waals surface area contributed by atoms with Crippen LogP contribution in [0.5, 0.6) is 0 Å². The molecule has 3 rings (SSSR count). The van der Waals surface area contributed by atoms with Crippen molar-refractivity contribution in [3.05, 3.63) is 35.3 Å². The van der Waals surface area contributed by atoms with Crippen molar-refractivity contribution < 1.29 is 9.59 Å². The van der Waals surface area contributed by atoms with Crippen LogP contribution in [0.3, 0.4) is 0 Å². The molecule has 1 fully saturated rings. The molecular weight excluding hydrogens is 362 g/mol. The molecule has 0 spiro atoms. The first-order valence-electron chi connectivity index (χ1n) is 7.31. The summed E-state index contributed by atoms with van der Waals surface area (Å²) in [4.78, 5) is 29.9. The molecular formula is C15H16BrN5O2. The van der Waals surface area contributed by atoms with E-state index in [4.69, 9.17) is 0 Å². The molecule has 1 aromatic heterocycles. The predicted octanol–water partition coefficient (Wildman–Crippen LogP) is 1.84. The number of anilines is 1. The second-order valence-corrected chi connectivity index (χ2v) is 6.24. The molecule has 1 N–H and O–H groups in total. The average molecular weight is 378 g/mol. The van der Waals surface area contributed by atoms with Gasteiger partial charge >= 0.3 is 0 Å². The first-order valence-corrected chi connectivity index (χ1v) is 8.11. The van der Waals surface area contributed by atoms with Crippen molar-refractivity contribution in [2.45, 2.75) is 13.3 Å². The van der Waals surface area contributed by atoms with Crippen molar-refractivity contribution in [3.8, 4) is 5.69 Å². The second kappa shape index (κ2) is 6.49. The summed E-state index contributed by atoms with van der Waals surface area (Å²) in [6, 6.07) is 5.51. The van der Waals surface area contributed by atoms with Crippen LogP contribution in [-0.4, -0.2) is 44.6 Å². The molecule has 1 aromatic carbocycles. The number of rotatable bonds is 4. The Labute approximate surface area is 141 Å². The van der Waals surface area contributed by atoms with Crippen molar-refractivity contribution in [1.29, 1.82) is 0 Å². The summed E-state index contributed by atoms with van der Waals surface area (Å²) in [5, 5.41) is 7.01. The third kappa shape index (κ3) is 3.26. The lowest BCUT2D eigenvalue weighted by atomic mass is 10.1. The van der Waals surface area contributed by atoms with E-state index in [1.54, 1.807) is 15.9 Å². The zero-order valence-corrected chi connectivity index (χ0v) is 14.2. The minimum Gasteiger partial charge on any atom is -0.342 e. The van der Waals surface area contributed by atoms with Crippen LogP contribution in [0.15, 0.2) is 35.3 Å². The molecule has 1 saturated heterocycles. The Bertz CT molecular complexity index is 731. The summed E-state index contributed by atoms with van der Waals surface area (Å²) in [7, 11) is 0. The standard InChI is InChI=1S/C15H16BrN5O2/c1-2-20-7-10(5-14(20)22)15(23)19-12-6-11(16)3-4-13(12)21-9-17-8-18-21/h3-4,6,8-10H,2,5,7H2,1H3,(H,19,23)/t10-/m1/s1. The van der Waals surface area contributed by atoms with Gasteiger partial charge in [0.15, 0.2) is 0 Å². The molecule has 2 heterocycles. The number of hydrogen-bond acceptors (Lipinski definition) is 4. The summed E-state index contributed by atoms with van der Waals surface area (Å²) in [6.45, 7) is 3.01. The molecule has 0 bridgehead atoms. The zero-order valence-electron chi connectivity index (χ0n) is 12.6. The summed E-state index contributed by atoms with van der Waals surface area (Å²) in [5.41, 5.74) is 1.34. The van der Waals surface area contributed by atoms with Crippen molar-refractivity contribution in [1.82, 2.24) is 19.7 Å². The molecule has 7 nitrogen and oxygen atoms in total. The van der Waals surface area contributed by atoms with E-state index < -0.39 is 0 Å². The van der Waals surface area contributed by atoms with E-state index in [2.05, 4.69) is 31.3 Å². The number of hydrogen-bond donors (Lipinski definition) is 1. The van der Waals surface area contributed by atoms with Gasteiger partial charge < -0.3 is 10.2 Å². The number of carbonyl (C=O) groups is 2. The smallest absolute Gasteiger partial charge is 0.229 e. The number of aromatic nitrogens is 3. The van der Waals surface area contributed by atoms with Crippen molar-refractivity contribution in [2.24, 2.45) is 5.92 Å². The molecule has 0 saturated carbocycles. The Kier molecular flexibility index (Phi) is 4.42. The number of benzene rings is 1. The maximum Gasteiger partial charge on any atom is 0.229 e. The summed E-state index contributed by atoms with van der Waals surface area (Å²) in [6.07, 6.45) is 3.26. The van der Waals surface area contributed by atoms with Gasteiger partial charge in [-0.05, 0) is 25.1 Å². The van der Waals surface area contributed by atoms with Crippen LogP contribution >= 0.6 is 15.9 Å². The molecule has 23 heavy (non-hydrogen) atoms. The van der Waals surface area contributed by atoms with Crippen LogP contribution in [0.1, 0.15) is 13.3 Å². The van der Waals surface area contributed by atoms with E-state index in [-0.39, 0.29) is 24.2 Å². The molecule has 1 atom stereocenters. The molecule has 0 unspecified atom stereocenters. The first kappa shape index (κ1) is 15.7. The number of nitrogens with zero attached hydrogens (tertiary/aromatic N) is 4. The lowest BCUT2D eigenvalue weighted by Crippen LogP contribution is -2.28. The van der Waals surface area contributed by atoms with Gasteiger partial charge in [-0.3, -0.25) is 9.59 Å². The zero-order chi connectivity index (χ0) is 16.4. The number of likely N-dealkylation sites (tertiary alicyclic amines) is 1. The van der Waals surface area contributed by atoms with Gasteiger partial charge in [-0.15, -0.1) is 0 Å². The summed E-state index contributed by atoms with van der Waals surface area (Å²) >= 11 is 3.40. The van der Waals surface area contributed by atoms with Crippen LogP contribution in [0, 0.1) is 5.92 Å². The van der Waals surface area contributed by atoms with Crippen molar-refractivity contribution in [2.75, 3.05) is 18.4 Å². The fraction of sp³-hybridized carbons (Fsp3) is 0.333. The fourth-order valence-electron chi connectivity index (χ4n) is 2.63. The molecule has 0 aliphatic carbocycles. The Hall–Kier alpha value is -2.22. The number of carbonyl (C=O) groups excluding carboxylic acids is 2. The van der Waals surface area contributed by atoms with Gasteiger partial charge in [0.1, 0.15) is 12.7 Å². The van der Waals surface area contributed by atoms with Gasteiger partial charge in [-0.25, -0.2) is 9.67 Å². The third-order valence-electron chi connectivity index (χ3n) is 3.85. The van der Waals surface area contributed by atoms with Crippen LogP contribution in [0.25, 0.3) is 5.69 Å². The Morgan fingerprint density at radius 3 is 2.96 bits per heavy atom. The van der Waals surface area contributed by atoms with Gasteiger partial charge in [0, 0.05) is 24.0 Å². The topological polar surface area (TPSA) is 80.1 Å². The SMILES string of the molecule is CCN1C[C@H](C(=O)Nc2cc(Br)ccc2-n2cncn2)CC1=O. The molecule has 1 aliphatic heterocycles. The van der Waals surface area contributed by atoms with Crippen LogP contribution in [-0.2, 0) is 9.59 Å². The number of amides is 2. The number of nitrogens with one attached hydrogen (secondary N) is 1. The Morgan fingerprint density at radius 2 is 2.30 bits per heavy atom. The van der Waals surface area contributed by atoms with E-state index in [9.17, 15) is 9.59 Å². The highest BCUT2D eigenvalue weighted by atomic mass is 79.9. The van der Waals surface area contributed by atoms with Crippen molar-refractivity contribution >= 4 is 33.4 Å². The van der Waals surface area contributed by atoms with Crippen LogP contribution in [0.4, 0.5) is 5.69 Å². The maximum atomic E-state index is 12.5. The molecule has 8 heteroatoms. The van der Waals surface area contributed by atoms with E-state index in [0.29, 0.717) is 18.8 Å². The minimum atomic E-state index is -0.329. The van der Waals surface area contributed by atoms with Gasteiger partial charge in [-0.2, -0.15) is 5.10 Å². The molecule has 1 aliphatic rings.